The number of para-hydroxylation sites is 1. The maximum absolute atomic E-state index is 13.3. The highest BCUT2D eigenvalue weighted by molar-refractivity contribution is 7.98. The SMILES string of the molecule is Cc1ccc(S(=O)(=O)N(C)c2ccccc2C(=O)Nc2ccc(CSc3ccccc3)cc2C)cc1. The third kappa shape index (κ3) is 5.80. The molecule has 0 fully saturated rings. The van der Waals surface area contributed by atoms with Gasteiger partial charge >= 0.3 is 0 Å². The van der Waals surface area contributed by atoms with Crippen LogP contribution < -0.4 is 9.62 Å². The molecule has 0 aromatic heterocycles. The fourth-order valence-electron chi connectivity index (χ4n) is 3.77. The van der Waals surface area contributed by atoms with Crippen molar-refractivity contribution in [3.63, 3.8) is 0 Å². The van der Waals surface area contributed by atoms with E-state index in [2.05, 4.69) is 23.5 Å². The van der Waals surface area contributed by atoms with Crippen molar-refractivity contribution >= 4 is 39.1 Å². The van der Waals surface area contributed by atoms with E-state index < -0.39 is 10.0 Å². The zero-order chi connectivity index (χ0) is 25.7. The molecule has 0 unspecified atom stereocenters. The Hall–Kier alpha value is -3.55. The molecule has 7 heteroatoms. The Labute approximate surface area is 217 Å². The van der Waals surface area contributed by atoms with Gasteiger partial charge in [0.2, 0.25) is 0 Å². The van der Waals surface area contributed by atoms with Crippen molar-refractivity contribution in [3.8, 4) is 0 Å². The molecule has 184 valence electrons. The summed E-state index contributed by atoms with van der Waals surface area (Å²) in [4.78, 5) is 14.6. The minimum absolute atomic E-state index is 0.172. The molecule has 0 heterocycles. The zero-order valence-electron chi connectivity index (χ0n) is 20.4. The lowest BCUT2D eigenvalue weighted by molar-refractivity contribution is 0.102. The van der Waals surface area contributed by atoms with E-state index in [4.69, 9.17) is 0 Å². The third-order valence-corrected chi connectivity index (χ3v) is 8.72. The number of anilines is 2. The highest BCUT2D eigenvalue weighted by Crippen LogP contribution is 2.28. The van der Waals surface area contributed by atoms with Crippen LogP contribution in [0.2, 0.25) is 0 Å². The number of thioether (sulfide) groups is 1. The molecule has 0 atom stereocenters. The smallest absolute Gasteiger partial charge is 0.264 e. The maximum Gasteiger partial charge on any atom is 0.264 e. The Bertz CT molecular complexity index is 1470. The van der Waals surface area contributed by atoms with Gasteiger partial charge in [-0.25, -0.2) is 8.42 Å². The molecule has 4 rings (SSSR count). The first-order valence-electron chi connectivity index (χ1n) is 11.5. The maximum atomic E-state index is 13.3. The van der Waals surface area contributed by atoms with Crippen LogP contribution in [0.25, 0.3) is 0 Å². The zero-order valence-corrected chi connectivity index (χ0v) is 22.1. The largest absolute Gasteiger partial charge is 0.322 e. The van der Waals surface area contributed by atoms with Gasteiger partial charge in [0.1, 0.15) is 0 Å². The van der Waals surface area contributed by atoms with Gasteiger partial charge in [0.05, 0.1) is 16.1 Å². The number of amides is 1. The Morgan fingerprint density at radius 2 is 1.53 bits per heavy atom. The lowest BCUT2D eigenvalue weighted by atomic mass is 10.1. The van der Waals surface area contributed by atoms with Gasteiger partial charge in [-0.1, -0.05) is 60.2 Å². The molecule has 0 aliphatic rings. The topological polar surface area (TPSA) is 66.5 Å². The van der Waals surface area contributed by atoms with Crippen molar-refractivity contribution in [1.29, 1.82) is 0 Å². The first kappa shape index (κ1) is 25.5. The van der Waals surface area contributed by atoms with Crippen LogP contribution in [0.1, 0.15) is 27.0 Å². The molecule has 0 aliphatic carbocycles. The van der Waals surface area contributed by atoms with Crippen molar-refractivity contribution in [2.24, 2.45) is 0 Å². The minimum Gasteiger partial charge on any atom is -0.322 e. The van der Waals surface area contributed by atoms with Crippen LogP contribution in [0.5, 0.6) is 0 Å². The molecule has 4 aromatic carbocycles. The van der Waals surface area contributed by atoms with Gasteiger partial charge in [-0.2, -0.15) is 0 Å². The van der Waals surface area contributed by atoms with Crippen LogP contribution in [0, 0.1) is 13.8 Å². The van der Waals surface area contributed by atoms with E-state index in [-0.39, 0.29) is 16.4 Å². The summed E-state index contributed by atoms with van der Waals surface area (Å²) in [7, 11) is -2.37. The highest BCUT2D eigenvalue weighted by Gasteiger charge is 2.25. The molecule has 0 spiro atoms. The quantitative estimate of drug-likeness (QED) is 0.266. The Kier molecular flexibility index (Phi) is 7.82. The van der Waals surface area contributed by atoms with Crippen LogP contribution in [0.4, 0.5) is 11.4 Å². The number of rotatable bonds is 8. The molecular weight excluding hydrogens is 488 g/mol. The minimum atomic E-state index is -3.83. The second-order valence-electron chi connectivity index (χ2n) is 8.51. The lowest BCUT2D eigenvalue weighted by Gasteiger charge is -2.22. The summed E-state index contributed by atoms with van der Waals surface area (Å²) in [5.41, 5.74) is 4.34. The number of nitrogens with one attached hydrogen (secondary N) is 1. The molecule has 0 aliphatic heterocycles. The van der Waals surface area contributed by atoms with Crippen LogP contribution >= 0.6 is 11.8 Å². The molecular formula is C29H28N2O3S2. The van der Waals surface area contributed by atoms with Crippen molar-refractivity contribution in [2.75, 3.05) is 16.7 Å². The van der Waals surface area contributed by atoms with E-state index in [1.807, 2.05) is 44.2 Å². The Morgan fingerprint density at radius 1 is 0.861 bits per heavy atom. The second-order valence-corrected chi connectivity index (χ2v) is 11.5. The number of benzene rings is 4. The van der Waals surface area contributed by atoms with E-state index in [1.54, 1.807) is 60.3 Å². The number of carbonyl (C=O) groups is 1. The van der Waals surface area contributed by atoms with Gasteiger partial charge in [0, 0.05) is 23.4 Å². The van der Waals surface area contributed by atoms with Gasteiger partial charge in [-0.3, -0.25) is 9.10 Å². The van der Waals surface area contributed by atoms with Crippen LogP contribution in [0.15, 0.2) is 107 Å². The van der Waals surface area contributed by atoms with E-state index >= 15 is 0 Å². The van der Waals surface area contributed by atoms with Gasteiger partial charge in [-0.15, -0.1) is 11.8 Å². The van der Waals surface area contributed by atoms with E-state index in [0.29, 0.717) is 11.4 Å². The molecule has 1 N–H and O–H groups in total. The molecule has 1 amide bonds. The van der Waals surface area contributed by atoms with Gasteiger partial charge in [0.15, 0.2) is 0 Å². The summed E-state index contributed by atoms with van der Waals surface area (Å²) in [5.74, 6) is 0.454. The van der Waals surface area contributed by atoms with E-state index in [9.17, 15) is 13.2 Å². The summed E-state index contributed by atoms with van der Waals surface area (Å²) in [6.07, 6.45) is 0. The predicted molar refractivity (Wildman–Crippen MR) is 148 cm³/mol. The summed E-state index contributed by atoms with van der Waals surface area (Å²) >= 11 is 1.76. The van der Waals surface area contributed by atoms with Gasteiger partial charge in [0.25, 0.3) is 15.9 Å². The summed E-state index contributed by atoms with van der Waals surface area (Å²) in [6.45, 7) is 3.85. The molecule has 4 aromatic rings. The molecule has 0 saturated heterocycles. The van der Waals surface area contributed by atoms with E-state index in [1.165, 1.54) is 11.9 Å². The normalized spacial score (nSPS) is 11.2. The molecule has 0 radical (unpaired) electrons. The average Bonchev–Trinajstić information content (AvgIpc) is 2.89. The average molecular weight is 517 g/mol. The molecule has 5 nitrogen and oxygen atoms in total. The Balaban J connectivity index is 1.52. The summed E-state index contributed by atoms with van der Waals surface area (Å²) in [6, 6.07) is 29.5. The Morgan fingerprint density at radius 3 is 2.22 bits per heavy atom. The van der Waals surface area contributed by atoms with Gasteiger partial charge < -0.3 is 5.32 Å². The lowest BCUT2D eigenvalue weighted by Crippen LogP contribution is -2.29. The first-order valence-corrected chi connectivity index (χ1v) is 13.9. The van der Waals surface area contributed by atoms with Crippen molar-refractivity contribution in [2.45, 2.75) is 29.4 Å². The number of hydrogen-bond donors (Lipinski definition) is 1. The number of aryl methyl sites for hydroxylation is 2. The standard InChI is InChI=1S/C29H28N2O3S2/c1-21-13-16-25(17-14-21)36(33,34)31(3)28-12-8-7-11-26(28)29(32)30-27-18-15-23(19-22(27)2)20-35-24-9-5-4-6-10-24/h4-19H,20H2,1-3H3,(H,30,32). The van der Waals surface area contributed by atoms with Crippen molar-refractivity contribution in [1.82, 2.24) is 0 Å². The van der Waals surface area contributed by atoms with Crippen LogP contribution in [-0.4, -0.2) is 21.4 Å². The van der Waals surface area contributed by atoms with Crippen molar-refractivity contribution in [3.05, 3.63) is 119 Å². The number of sulfonamides is 1. The monoisotopic (exact) mass is 516 g/mol. The first-order chi connectivity index (χ1) is 17.3. The molecule has 0 bridgehead atoms. The highest BCUT2D eigenvalue weighted by atomic mass is 32.2. The molecule has 36 heavy (non-hydrogen) atoms. The van der Waals surface area contributed by atoms with Crippen LogP contribution in [0.3, 0.4) is 0 Å². The van der Waals surface area contributed by atoms with Crippen LogP contribution in [-0.2, 0) is 15.8 Å². The van der Waals surface area contributed by atoms with Crippen molar-refractivity contribution < 1.29 is 13.2 Å². The molecule has 0 saturated carbocycles. The third-order valence-electron chi connectivity index (χ3n) is 5.86. The summed E-state index contributed by atoms with van der Waals surface area (Å²) in [5, 5.41) is 2.95. The van der Waals surface area contributed by atoms with Gasteiger partial charge in [-0.05, 0) is 67.4 Å². The fraction of sp³-hybridized carbons (Fsp3) is 0.138. The van der Waals surface area contributed by atoms with E-state index in [0.717, 1.165) is 26.7 Å². The number of nitrogens with zero attached hydrogens (tertiary/aromatic N) is 1. The summed E-state index contributed by atoms with van der Waals surface area (Å²) < 4.78 is 27.6. The second kappa shape index (κ2) is 11.0. The predicted octanol–water partition coefficient (Wildman–Crippen LogP) is 6.67. The number of hydrogen-bond acceptors (Lipinski definition) is 4. The number of carbonyl (C=O) groups excluding carboxylic acids is 1. The fourth-order valence-corrected chi connectivity index (χ4v) is 5.84.